The van der Waals surface area contributed by atoms with Crippen molar-refractivity contribution in [3.05, 3.63) is 11.1 Å². The lowest BCUT2D eigenvalue weighted by atomic mass is 10.1. The van der Waals surface area contributed by atoms with Gasteiger partial charge in [0.25, 0.3) is 0 Å². The van der Waals surface area contributed by atoms with Gasteiger partial charge in [-0.05, 0) is 34.1 Å². The predicted octanol–water partition coefficient (Wildman–Crippen LogP) is 1.17. The summed E-state index contributed by atoms with van der Waals surface area (Å²) in [6, 6.07) is 0. The number of rotatable bonds is 5. The van der Waals surface area contributed by atoms with Gasteiger partial charge in [-0.3, -0.25) is 0 Å². The van der Waals surface area contributed by atoms with Gasteiger partial charge in [0.2, 0.25) is 0 Å². The molecule has 0 bridgehead atoms. The molecule has 0 rings (SSSR count). The number of hydrogen-bond acceptors (Lipinski definition) is 5. The normalized spacial score (nSPS) is 16.8. The molecule has 94 valence electrons. The zero-order chi connectivity index (χ0) is 12.9. The van der Waals surface area contributed by atoms with Crippen LogP contribution in [0.5, 0.6) is 0 Å². The summed E-state index contributed by atoms with van der Waals surface area (Å²) in [4.78, 5) is 16.5. The van der Waals surface area contributed by atoms with E-state index in [1.54, 1.807) is 6.92 Å². The highest BCUT2D eigenvalue weighted by molar-refractivity contribution is 5.88. The van der Waals surface area contributed by atoms with E-state index in [2.05, 4.69) is 0 Å². The molecule has 0 aromatic heterocycles. The standard InChI is InChI=1S/C11H21NO4/c1-6-7(2)8(3)11(15)16-12(9(4)13)10(5)14/h9-10,13-14H,6H2,1-5H3. The number of nitrogens with zero attached hydrogens (tertiary/aromatic N) is 1. The molecule has 0 heterocycles. The summed E-state index contributed by atoms with van der Waals surface area (Å²) in [7, 11) is 0. The molecule has 0 aromatic rings. The molecular formula is C11H21NO4. The van der Waals surface area contributed by atoms with Gasteiger partial charge in [0.1, 0.15) is 12.5 Å². The minimum absolute atomic E-state index is 0.494. The average Bonchev–Trinajstić information content (AvgIpc) is 2.22. The van der Waals surface area contributed by atoms with Crippen molar-refractivity contribution in [1.29, 1.82) is 0 Å². The van der Waals surface area contributed by atoms with Crippen molar-refractivity contribution in [1.82, 2.24) is 5.06 Å². The number of aliphatic hydroxyl groups excluding tert-OH is 2. The Bertz CT molecular complexity index is 263. The van der Waals surface area contributed by atoms with E-state index in [-0.39, 0.29) is 0 Å². The molecule has 5 nitrogen and oxygen atoms in total. The van der Waals surface area contributed by atoms with E-state index in [0.29, 0.717) is 5.57 Å². The van der Waals surface area contributed by atoms with E-state index in [1.807, 2.05) is 13.8 Å². The molecule has 0 saturated carbocycles. The number of hydroxylamine groups is 2. The summed E-state index contributed by atoms with van der Waals surface area (Å²) in [5, 5.41) is 19.4. The molecule has 2 atom stereocenters. The first-order valence-corrected chi connectivity index (χ1v) is 5.34. The number of allylic oxidation sites excluding steroid dienone is 1. The fourth-order valence-corrected chi connectivity index (χ4v) is 1.07. The lowest BCUT2D eigenvalue weighted by Gasteiger charge is -2.26. The van der Waals surface area contributed by atoms with Crippen molar-refractivity contribution < 1.29 is 19.8 Å². The van der Waals surface area contributed by atoms with Crippen LogP contribution < -0.4 is 0 Å². The second-order valence-electron chi connectivity index (χ2n) is 3.76. The van der Waals surface area contributed by atoms with E-state index in [9.17, 15) is 15.0 Å². The number of carbonyl (C=O) groups excluding carboxylic acids is 1. The zero-order valence-corrected chi connectivity index (χ0v) is 10.5. The van der Waals surface area contributed by atoms with Gasteiger partial charge < -0.3 is 15.1 Å². The lowest BCUT2D eigenvalue weighted by molar-refractivity contribution is -0.273. The SMILES string of the molecule is CCC(C)=C(C)C(=O)ON(C(C)O)C(C)O. The second-order valence-corrected chi connectivity index (χ2v) is 3.76. The summed E-state index contributed by atoms with van der Waals surface area (Å²) in [6.07, 6.45) is -1.36. The van der Waals surface area contributed by atoms with Crippen LogP contribution in [0.3, 0.4) is 0 Å². The molecule has 0 fully saturated rings. The predicted molar refractivity (Wildman–Crippen MR) is 60.0 cm³/mol. The minimum atomic E-state index is -1.06. The maximum atomic E-state index is 11.6. The highest BCUT2D eigenvalue weighted by atomic mass is 16.7. The van der Waals surface area contributed by atoms with Crippen LogP contribution in [0.1, 0.15) is 41.0 Å². The largest absolute Gasteiger partial charge is 0.375 e. The molecule has 2 unspecified atom stereocenters. The molecule has 0 amide bonds. The van der Waals surface area contributed by atoms with Crippen molar-refractivity contribution >= 4 is 5.97 Å². The number of aliphatic hydroxyl groups is 2. The number of hydrogen-bond donors (Lipinski definition) is 2. The Labute approximate surface area is 96.3 Å². The van der Waals surface area contributed by atoms with Gasteiger partial charge in [0.15, 0.2) is 0 Å². The first kappa shape index (κ1) is 15.1. The molecule has 0 aliphatic heterocycles. The minimum Gasteiger partial charge on any atom is -0.375 e. The summed E-state index contributed by atoms with van der Waals surface area (Å²) in [6.45, 7) is 8.25. The Balaban J connectivity index is 4.66. The molecule has 0 saturated heterocycles. The third kappa shape index (κ3) is 4.30. The molecular weight excluding hydrogens is 210 g/mol. The van der Waals surface area contributed by atoms with Crippen molar-refractivity contribution in [3.63, 3.8) is 0 Å². The van der Waals surface area contributed by atoms with Crippen LogP contribution in [-0.4, -0.2) is 33.7 Å². The fraction of sp³-hybridized carbons (Fsp3) is 0.727. The molecule has 0 aromatic carbocycles. The summed E-state index contributed by atoms with van der Waals surface area (Å²) >= 11 is 0. The molecule has 2 N–H and O–H groups in total. The summed E-state index contributed by atoms with van der Waals surface area (Å²) in [5.41, 5.74) is 1.41. The van der Waals surface area contributed by atoms with Crippen LogP contribution in [-0.2, 0) is 9.63 Å². The summed E-state index contributed by atoms with van der Waals surface area (Å²) < 4.78 is 0. The maximum Gasteiger partial charge on any atom is 0.352 e. The topological polar surface area (TPSA) is 70.0 Å². The van der Waals surface area contributed by atoms with Crippen LogP contribution in [0.15, 0.2) is 11.1 Å². The van der Waals surface area contributed by atoms with Gasteiger partial charge in [-0.25, -0.2) is 4.79 Å². The van der Waals surface area contributed by atoms with Crippen LogP contribution >= 0.6 is 0 Å². The van der Waals surface area contributed by atoms with E-state index in [1.165, 1.54) is 13.8 Å². The Morgan fingerprint density at radius 3 is 2.00 bits per heavy atom. The molecule has 5 heteroatoms. The molecule has 0 radical (unpaired) electrons. The highest BCUT2D eigenvalue weighted by Gasteiger charge is 2.22. The van der Waals surface area contributed by atoms with Crippen LogP contribution in [0, 0.1) is 0 Å². The Morgan fingerprint density at radius 2 is 1.69 bits per heavy atom. The van der Waals surface area contributed by atoms with Gasteiger partial charge in [0.05, 0.1) is 0 Å². The van der Waals surface area contributed by atoms with Gasteiger partial charge in [-0.2, -0.15) is 0 Å². The highest BCUT2D eigenvalue weighted by Crippen LogP contribution is 2.11. The van der Waals surface area contributed by atoms with E-state index in [4.69, 9.17) is 4.84 Å². The first-order chi connectivity index (χ1) is 7.31. The fourth-order valence-electron chi connectivity index (χ4n) is 1.07. The number of carbonyl (C=O) groups is 1. The zero-order valence-electron chi connectivity index (χ0n) is 10.5. The van der Waals surface area contributed by atoms with Gasteiger partial charge >= 0.3 is 5.97 Å². The molecule has 0 aliphatic carbocycles. The third-order valence-corrected chi connectivity index (χ3v) is 2.40. The summed E-state index contributed by atoms with van der Waals surface area (Å²) in [5.74, 6) is -0.554. The molecule has 0 spiro atoms. The quantitative estimate of drug-likeness (QED) is 0.422. The van der Waals surface area contributed by atoms with Crippen molar-refractivity contribution in [2.75, 3.05) is 0 Å². The first-order valence-electron chi connectivity index (χ1n) is 5.34. The average molecular weight is 231 g/mol. The van der Waals surface area contributed by atoms with E-state index in [0.717, 1.165) is 17.1 Å². The molecule has 16 heavy (non-hydrogen) atoms. The van der Waals surface area contributed by atoms with Crippen molar-refractivity contribution in [2.45, 2.75) is 53.5 Å². The monoisotopic (exact) mass is 231 g/mol. The Morgan fingerprint density at radius 1 is 1.25 bits per heavy atom. The smallest absolute Gasteiger partial charge is 0.352 e. The van der Waals surface area contributed by atoms with Crippen LogP contribution in [0.4, 0.5) is 0 Å². The van der Waals surface area contributed by atoms with Crippen molar-refractivity contribution in [3.8, 4) is 0 Å². The second kappa shape index (κ2) is 6.62. The molecule has 0 aliphatic rings. The van der Waals surface area contributed by atoms with Crippen LogP contribution in [0.25, 0.3) is 0 Å². The Kier molecular flexibility index (Phi) is 6.25. The van der Waals surface area contributed by atoms with Gasteiger partial charge in [0, 0.05) is 5.57 Å². The van der Waals surface area contributed by atoms with E-state index >= 15 is 0 Å². The Hall–Kier alpha value is -0.910. The maximum absolute atomic E-state index is 11.6. The lowest BCUT2D eigenvalue weighted by Crippen LogP contribution is -2.41. The van der Waals surface area contributed by atoms with Crippen molar-refractivity contribution in [2.24, 2.45) is 0 Å². The van der Waals surface area contributed by atoms with Gasteiger partial charge in [-0.1, -0.05) is 17.6 Å². The van der Waals surface area contributed by atoms with Gasteiger partial charge in [-0.15, -0.1) is 0 Å². The third-order valence-electron chi connectivity index (χ3n) is 2.40. The van der Waals surface area contributed by atoms with Crippen LogP contribution in [0.2, 0.25) is 0 Å². The van der Waals surface area contributed by atoms with E-state index < -0.39 is 18.4 Å².